The standard InChI is InChI=1S/C22H31N3O4S/c26-15-5-9-24(10-6-15)14-16-13-22(21(28)29-16)7-11-25(12-8-22)20(27)19-23-17-3-1-2-4-18(17)30-19/h15-16,26H,1-14H2. The molecule has 30 heavy (non-hydrogen) atoms. The maximum absolute atomic E-state index is 13.0. The topological polar surface area (TPSA) is 83.0 Å². The van der Waals surface area contributed by atoms with E-state index in [4.69, 9.17) is 4.74 Å². The van der Waals surface area contributed by atoms with Crippen LogP contribution in [0.25, 0.3) is 0 Å². The molecule has 1 aliphatic carbocycles. The minimum atomic E-state index is -0.432. The lowest BCUT2D eigenvalue weighted by atomic mass is 9.76. The van der Waals surface area contributed by atoms with E-state index in [0.717, 1.165) is 63.9 Å². The molecule has 4 heterocycles. The highest BCUT2D eigenvalue weighted by molar-refractivity contribution is 7.13. The van der Waals surface area contributed by atoms with Crippen LogP contribution in [0.4, 0.5) is 0 Å². The van der Waals surface area contributed by atoms with E-state index in [-0.39, 0.29) is 24.1 Å². The van der Waals surface area contributed by atoms with E-state index >= 15 is 0 Å². The normalized spacial score (nSPS) is 27.3. The molecule has 164 valence electrons. The Balaban J connectivity index is 1.17. The van der Waals surface area contributed by atoms with Gasteiger partial charge in [0.05, 0.1) is 17.2 Å². The van der Waals surface area contributed by atoms with Crippen molar-refractivity contribution in [3.63, 3.8) is 0 Å². The van der Waals surface area contributed by atoms with Gasteiger partial charge >= 0.3 is 5.97 Å². The molecule has 1 N–H and O–H groups in total. The highest BCUT2D eigenvalue weighted by Crippen LogP contribution is 2.43. The highest BCUT2D eigenvalue weighted by atomic mass is 32.1. The first-order valence-corrected chi connectivity index (χ1v) is 12.2. The van der Waals surface area contributed by atoms with Crippen molar-refractivity contribution in [1.82, 2.24) is 14.8 Å². The minimum absolute atomic E-state index is 0.0269. The average molecular weight is 434 g/mol. The summed E-state index contributed by atoms with van der Waals surface area (Å²) in [6.07, 6.45) is 7.83. The molecular weight excluding hydrogens is 402 g/mol. The molecule has 5 rings (SSSR count). The fourth-order valence-corrected chi connectivity index (χ4v) is 6.57. The first-order chi connectivity index (χ1) is 14.5. The first-order valence-electron chi connectivity index (χ1n) is 11.4. The van der Waals surface area contributed by atoms with Crippen LogP contribution in [0, 0.1) is 5.41 Å². The van der Waals surface area contributed by atoms with Gasteiger partial charge in [-0.3, -0.25) is 14.5 Å². The highest BCUT2D eigenvalue weighted by Gasteiger charge is 2.51. The van der Waals surface area contributed by atoms with Gasteiger partial charge in [0.25, 0.3) is 5.91 Å². The van der Waals surface area contributed by atoms with Crippen molar-refractivity contribution in [1.29, 1.82) is 0 Å². The largest absolute Gasteiger partial charge is 0.461 e. The van der Waals surface area contributed by atoms with Crippen molar-refractivity contribution in [2.45, 2.75) is 70.0 Å². The molecule has 1 spiro atoms. The Morgan fingerprint density at radius 1 is 1.17 bits per heavy atom. The van der Waals surface area contributed by atoms with Gasteiger partial charge in [-0.2, -0.15) is 0 Å². The second-order valence-electron chi connectivity index (χ2n) is 9.43. The zero-order valence-electron chi connectivity index (χ0n) is 17.5. The van der Waals surface area contributed by atoms with Crippen molar-refractivity contribution in [2.75, 3.05) is 32.7 Å². The zero-order chi connectivity index (χ0) is 20.7. The number of esters is 1. The number of fused-ring (bicyclic) bond motifs is 1. The molecule has 1 atom stereocenters. The number of aromatic nitrogens is 1. The Hall–Kier alpha value is -1.51. The Bertz CT molecular complexity index is 786. The van der Waals surface area contributed by atoms with Crippen molar-refractivity contribution in [3.05, 3.63) is 15.6 Å². The van der Waals surface area contributed by atoms with Crippen LogP contribution in [0.2, 0.25) is 0 Å². The number of hydrogen-bond acceptors (Lipinski definition) is 7. The molecule has 3 aliphatic heterocycles. The summed E-state index contributed by atoms with van der Waals surface area (Å²) < 4.78 is 5.76. The second-order valence-corrected chi connectivity index (χ2v) is 10.5. The number of likely N-dealkylation sites (tertiary alicyclic amines) is 2. The van der Waals surface area contributed by atoms with Gasteiger partial charge in [-0.05, 0) is 51.4 Å². The van der Waals surface area contributed by atoms with Gasteiger partial charge in [0, 0.05) is 44.0 Å². The van der Waals surface area contributed by atoms with Crippen LogP contribution < -0.4 is 0 Å². The van der Waals surface area contributed by atoms with Crippen LogP contribution in [-0.2, 0) is 22.4 Å². The molecule has 8 heteroatoms. The van der Waals surface area contributed by atoms with Crippen LogP contribution in [0.5, 0.6) is 0 Å². The minimum Gasteiger partial charge on any atom is -0.461 e. The predicted molar refractivity (Wildman–Crippen MR) is 113 cm³/mol. The number of thiazole rings is 1. The van der Waals surface area contributed by atoms with E-state index in [1.807, 2.05) is 4.90 Å². The predicted octanol–water partition coefficient (Wildman–Crippen LogP) is 2.02. The van der Waals surface area contributed by atoms with E-state index in [1.54, 1.807) is 11.3 Å². The SMILES string of the molecule is O=C(c1nc2c(s1)CCCC2)N1CCC2(CC1)CC(CN1CCC(O)CC1)OC2=O. The molecular formula is C22H31N3O4S. The average Bonchev–Trinajstić information content (AvgIpc) is 3.31. The molecule has 0 radical (unpaired) electrons. The fraction of sp³-hybridized carbons (Fsp3) is 0.773. The second kappa shape index (κ2) is 8.20. The number of carbonyl (C=O) groups is 2. The lowest BCUT2D eigenvalue weighted by Gasteiger charge is -2.36. The molecule has 3 fully saturated rings. The quantitative estimate of drug-likeness (QED) is 0.735. The number of hydrogen-bond donors (Lipinski definition) is 1. The zero-order valence-corrected chi connectivity index (χ0v) is 18.3. The monoisotopic (exact) mass is 433 g/mol. The number of nitrogens with zero attached hydrogens (tertiary/aromatic N) is 3. The lowest BCUT2D eigenvalue weighted by Crippen LogP contribution is -2.45. The van der Waals surface area contributed by atoms with Gasteiger partial charge in [0.2, 0.25) is 0 Å². The van der Waals surface area contributed by atoms with Gasteiger partial charge in [-0.25, -0.2) is 4.98 Å². The van der Waals surface area contributed by atoms with Crippen LogP contribution in [0.1, 0.15) is 65.3 Å². The summed E-state index contributed by atoms with van der Waals surface area (Å²) in [5.74, 6) is -0.0552. The molecule has 1 unspecified atom stereocenters. The van der Waals surface area contributed by atoms with E-state index in [9.17, 15) is 14.7 Å². The van der Waals surface area contributed by atoms with Gasteiger partial charge < -0.3 is 14.7 Å². The summed E-state index contributed by atoms with van der Waals surface area (Å²) in [7, 11) is 0. The van der Waals surface area contributed by atoms with Crippen LogP contribution in [0.15, 0.2) is 0 Å². The third-order valence-electron chi connectivity index (χ3n) is 7.38. The summed E-state index contributed by atoms with van der Waals surface area (Å²) >= 11 is 1.56. The maximum atomic E-state index is 13.0. The van der Waals surface area contributed by atoms with Crippen LogP contribution in [-0.4, -0.2) is 76.7 Å². The summed E-state index contributed by atoms with van der Waals surface area (Å²) in [5.41, 5.74) is 0.689. The van der Waals surface area contributed by atoms with E-state index in [1.165, 1.54) is 11.3 Å². The van der Waals surface area contributed by atoms with Crippen LogP contribution in [0.3, 0.4) is 0 Å². The number of aliphatic hydroxyl groups excluding tert-OH is 1. The van der Waals surface area contributed by atoms with E-state index < -0.39 is 5.41 Å². The molecule has 0 aromatic carbocycles. The molecule has 1 aromatic rings. The summed E-state index contributed by atoms with van der Waals surface area (Å²) in [6, 6.07) is 0. The molecule has 1 aromatic heterocycles. The summed E-state index contributed by atoms with van der Waals surface area (Å²) in [5, 5.41) is 10.3. The number of ether oxygens (including phenoxy) is 1. The van der Waals surface area contributed by atoms with E-state index in [0.29, 0.717) is 30.9 Å². The third kappa shape index (κ3) is 3.89. The molecule has 4 aliphatic rings. The summed E-state index contributed by atoms with van der Waals surface area (Å²) in [4.78, 5) is 35.8. The van der Waals surface area contributed by atoms with Crippen molar-refractivity contribution < 1.29 is 19.4 Å². The molecule has 3 saturated heterocycles. The fourth-order valence-electron chi connectivity index (χ4n) is 5.45. The number of aryl methyl sites for hydroxylation is 2. The number of cyclic esters (lactones) is 1. The Morgan fingerprint density at radius 3 is 2.63 bits per heavy atom. The van der Waals surface area contributed by atoms with Crippen molar-refractivity contribution in [3.8, 4) is 0 Å². The number of amides is 1. The van der Waals surface area contributed by atoms with Crippen LogP contribution >= 0.6 is 11.3 Å². The van der Waals surface area contributed by atoms with Gasteiger partial charge in [0.1, 0.15) is 6.10 Å². The number of rotatable bonds is 3. The molecule has 0 bridgehead atoms. The van der Waals surface area contributed by atoms with Gasteiger partial charge in [0.15, 0.2) is 5.01 Å². The number of carbonyl (C=O) groups excluding carboxylic acids is 2. The number of piperidine rings is 2. The maximum Gasteiger partial charge on any atom is 0.312 e. The lowest BCUT2D eigenvalue weighted by molar-refractivity contribution is -0.151. The third-order valence-corrected chi connectivity index (χ3v) is 8.53. The number of aliphatic hydroxyl groups is 1. The first kappa shape index (κ1) is 20.4. The molecule has 1 amide bonds. The molecule has 0 saturated carbocycles. The van der Waals surface area contributed by atoms with Crippen molar-refractivity contribution >= 4 is 23.2 Å². The Labute approximate surface area is 181 Å². The Morgan fingerprint density at radius 2 is 1.90 bits per heavy atom. The van der Waals surface area contributed by atoms with E-state index in [2.05, 4.69) is 9.88 Å². The summed E-state index contributed by atoms with van der Waals surface area (Å²) in [6.45, 7) is 3.68. The van der Waals surface area contributed by atoms with Gasteiger partial charge in [-0.15, -0.1) is 11.3 Å². The van der Waals surface area contributed by atoms with Gasteiger partial charge in [-0.1, -0.05) is 0 Å². The Kier molecular flexibility index (Phi) is 5.58. The smallest absolute Gasteiger partial charge is 0.312 e. The molecule has 7 nitrogen and oxygen atoms in total. The van der Waals surface area contributed by atoms with Crippen molar-refractivity contribution in [2.24, 2.45) is 5.41 Å².